The van der Waals surface area contributed by atoms with E-state index in [1.807, 2.05) is 48.9 Å². The first-order valence-electron chi connectivity index (χ1n) is 25.9. The SMILES string of the molecule is C1CCOC1.CCN(CC)CC.COc1cc2c(c(OC)c1OC)-c1ccc(SC)c(=O)cc1[C@@H](N)CC2.COc1cc2c(c(OC)c1OC)-c1ccc(SC)c(=O)cc1[C@@H](NC(=O)CCCCl)CC2.O=C(Cl)CCCCl. The minimum atomic E-state index is -0.322. The number of thioether (sulfide) groups is 2. The van der Waals surface area contributed by atoms with Crippen LogP contribution in [-0.2, 0) is 27.2 Å². The first kappa shape index (κ1) is 66.9. The smallest absolute Gasteiger partial charge is 0.221 e. The molecule has 0 radical (unpaired) electrons. The number of aryl methyl sites for hydroxylation is 2. The molecule has 19 heteroatoms. The maximum atomic E-state index is 12.9. The van der Waals surface area contributed by atoms with Gasteiger partial charge >= 0.3 is 0 Å². The average Bonchev–Trinajstić information content (AvgIpc) is 3.84. The summed E-state index contributed by atoms with van der Waals surface area (Å²) in [4.78, 5) is 51.6. The number of fused-ring (bicyclic) bond motifs is 6. The lowest BCUT2D eigenvalue weighted by Crippen LogP contribution is -2.29. The molecule has 7 rings (SSSR count). The number of carbonyl (C=O) groups is 2. The van der Waals surface area contributed by atoms with Crippen molar-refractivity contribution in [2.45, 2.75) is 107 Å². The van der Waals surface area contributed by atoms with Crippen molar-refractivity contribution in [3.05, 3.63) is 91.2 Å². The third-order valence-electron chi connectivity index (χ3n) is 13.0. The molecule has 1 heterocycles. The Bertz CT molecular complexity index is 2630. The van der Waals surface area contributed by atoms with Crippen molar-refractivity contribution >= 4 is 69.5 Å². The maximum Gasteiger partial charge on any atom is 0.221 e. The fraction of sp³-hybridized carbons (Fsp3) is 0.517. The lowest BCUT2D eigenvalue weighted by Gasteiger charge is -2.20. The van der Waals surface area contributed by atoms with E-state index < -0.39 is 0 Å². The molecular weight excluding hydrogens is 1090 g/mol. The van der Waals surface area contributed by atoms with Crippen molar-refractivity contribution in [1.29, 1.82) is 0 Å². The number of nitrogens with zero attached hydrogens (tertiary/aromatic N) is 1. The lowest BCUT2D eigenvalue weighted by atomic mass is 9.95. The van der Waals surface area contributed by atoms with Crippen LogP contribution in [0.5, 0.6) is 34.5 Å². The van der Waals surface area contributed by atoms with Crippen LogP contribution in [0.3, 0.4) is 0 Å². The Morgan fingerprint density at radius 1 is 0.649 bits per heavy atom. The summed E-state index contributed by atoms with van der Waals surface area (Å²) in [6, 6.07) is 14.2. The highest BCUT2D eigenvalue weighted by atomic mass is 35.5. The summed E-state index contributed by atoms with van der Waals surface area (Å²) in [6.07, 6.45) is 11.1. The number of rotatable bonds is 18. The number of benzene rings is 2. The van der Waals surface area contributed by atoms with Crippen molar-refractivity contribution in [2.24, 2.45) is 5.73 Å². The normalized spacial score (nSPS) is 14.6. The van der Waals surface area contributed by atoms with Gasteiger partial charge in [0.1, 0.15) is 0 Å². The molecule has 4 aromatic rings. The average molecular weight is 1170 g/mol. The van der Waals surface area contributed by atoms with Gasteiger partial charge in [-0.25, -0.2) is 0 Å². The minimum Gasteiger partial charge on any atom is -0.493 e. The zero-order valence-corrected chi connectivity index (χ0v) is 50.7. The standard InChI is InChI=1S/C24H28ClNO5S.C20H23NO4S.C6H15N.C4H6Cl2O.C4H8O/c1-29-19-12-14-7-9-17(26-21(28)6-5-11-25)16-13-18(27)20(32-4)10-8-15(16)22(14)24(31-3)23(19)30-2;1-23-16-9-11-5-7-14(21)13-10-15(22)17(26-4)8-6-12(13)18(11)20(25-3)19(16)24-2;1-4-7(5-2)6-3;5-3-1-2-4(6)7;1-2-4-5-3-1/h8,10,12-13,17H,5-7,9,11H2,1-4H3,(H,26,28);6,8-10,14H,5,7,21H2,1-4H3;4-6H2,1-3H3;1-3H2;1-4H2/t17-;14-;;;/m00.../s1. The molecule has 2 aliphatic carbocycles. The van der Waals surface area contributed by atoms with Gasteiger partial charge in [-0.15, -0.1) is 46.7 Å². The molecular formula is C58H80Cl3N3O11S2. The highest BCUT2D eigenvalue weighted by Crippen LogP contribution is 2.51. The number of methoxy groups -OCH3 is 6. The van der Waals surface area contributed by atoms with Gasteiger partial charge in [0.05, 0.1) is 58.5 Å². The molecule has 426 valence electrons. The molecule has 3 N–H and O–H groups in total. The Hall–Kier alpha value is -4.39. The first-order valence-corrected chi connectivity index (χ1v) is 29.8. The van der Waals surface area contributed by atoms with E-state index >= 15 is 0 Å². The molecule has 1 amide bonds. The second kappa shape index (κ2) is 36.0. The summed E-state index contributed by atoms with van der Waals surface area (Å²) in [5, 5.41) is 2.81. The summed E-state index contributed by atoms with van der Waals surface area (Å²) in [6.45, 7) is 12.1. The highest BCUT2D eigenvalue weighted by molar-refractivity contribution is 7.98. The number of hydrogen-bond acceptors (Lipinski definition) is 15. The van der Waals surface area contributed by atoms with Gasteiger partial charge in [0, 0.05) is 55.0 Å². The number of halogens is 3. The van der Waals surface area contributed by atoms with Gasteiger partial charge in [0.15, 0.2) is 33.9 Å². The summed E-state index contributed by atoms with van der Waals surface area (Å²) in [7, 11) is 9.54. The summed E-state index contributed by atoms with van der Waals surface area (Å²) < 4.78 is 38.6. The van der Waals surface area contributed by atoms with Gasteiger partial charge in [-0.3, -0.25) is 19.2 Å². The van der Waals surface area contributed by atoms with Crippen molar-refractivity contribution in [3.63, 3.8) is 0 Å². The van der Waals surface area contributed by atoms with Crippen molar-refractivity contribution in [2.75, 3.05) is 99.8 Å². The Balaban J connectivity index is 0.000000305. The van der Waals surface area contributed by atoms with Crippen LogP contribution in [0.1, 0.15) is 106 Å². The molecule has 0 unspecified atom stereocenters. The number of nitrogens with one attached hydrogen (secondary N) is 1. The van der Waals surface area contributed by atoms with E-state index in [2.05, 4.69) is 31.0 Å². The number of amides is 1. The Morgan fingerprint density at radius 3 is 1.45 bits per heavy atom. The van der Waals surface area contributed by atoms with Crippen LogP contribution in [0.2, 0.25) is 0 Å². The number of hydrogen-bond donors (Lipinski definition) is 2. The molecule has 1 saturated heterocycles. The molecule has 77 heavy (non-hydrogen) atoms. The van der Waals surface area contributed by atoms with Gasteiger partial charge in [-0.2, -0.15) is 0 Å². The predicted octanol–water partition coefficient (Wildman–Crippen LogP) is 11.9. The summed E-state index contributed by atoms with van der Waals surface area (Å²) >= 11 is 18.8. The fourth-order valence-corrected chi connectivity index (χ4v) is 10.3. The van der Waals surface area contributed by atoms with Crippen LogP contribution in [-0.4, -0.2) is 116 Å². The van der Waals surface area contributed by atoms with E-state index in [0.717, 1.165) is 70.6 Å². The molecule has 1 aliphatic heterocycles. The van der Waals surface area contributed by atoms with Crippen LogP contribution < -0.4 is 50.3 Å². The van der Waals surface area contributed by atoms with Gasteiger partial charge in [-0.05, 0) is 165 Å². The van der Waals surface area contributed by atoms with Crippen molar-refractivity contribution in [1.82, 2.24) is 10.2 Å². The molecule has 0 spiro atoms. The molecule has 0 bridgehead atoms. The number of nitrogens with two attached hydrogens (primary N) is 1. The monoisotopic (exact) mass is 1160 g/mol. The van der Waals surface area contributed by atoms with Crippen LogP contribution in [0.25, 0.3) is 22.3 Å². The van der Waals surface area contributed by atoms with Crippen LogP contribution in [0.4, 0.5) is 0 Å². The van der Waals surface area contributed by atoms with Gasteiger partial charge in [-0.1, -0.05) is 32.9 Å². The van der Waals surface area contributed by atoms with Gasteiger partial charge < -0.3 is 49.1 Å². The van der Waals surface area contributed by atoms with Crippen LogP contribution in [0, 0.1) is 0 Å². The fourth-order valence-electron chi connectivity index (χ4n) is 8.99. The third kappa shape index (κ3) is 19.1. The third-order valence-corrected chi connectivity index (χ3v) is 15.3. The van der Waals surface area contributed by atoms with Crippen LogP contribution in [0.15, 0.2) is 67.9 Å². The Morgan fingerprint density at radius 2 is 1.09 bits per heavy atom. The molecule has 4 aromatic carbocycles. The predicted molar refractivity (Wildman–Crippen MR) is 318 cm³/mol. The number of alkyl halides is 2. The molecule has 0 aromatic heterocycles. The zero-order chi connectivity index (χ0) is 57.0. The van der Waals surface area contributed by atoms with Gasteiger partial charge in [0.25, 0.3) is 0 Å². The van der Waals surface area contributed by atoms with E-state index in [9.17, 15) is 19.2 Å². The van der Waals surface area contributed by atoms with E-state index in [4.69, 9.17) is 73.7 Å². The first-order chi connectivity index (χ1) is 37.1. The molecule has 14 nitrogen and oxygen atoms in total. The summed E-state index contributed by atoms with van der Waals surface area (Å²) in [5.74, 6) is 4.21. The van der Waals surface area contributed by atoms with Crippen LogP contribution >= 0.6 is 58.3 Å². The Kier molecular flexibility index (Phi) is 31.3. The molecule has 1 fully saturated rings. The van der Waals surface area contributed by atoms with E-state index in [-0.39, 0.29) is 34.1 Å². The van der Waals surface area contributed by atoms with E-state index in [0.29, 0.717) is 94.6 Å². The van der Waals surface area contributed by atoms with Crippen molar-refractivity contribution < 1.29 is 42.7 Å². The van der Waals surface area contributed by atoms with Crippen molar-refractivity contribution in [3.8, 4) is 56.8 Å². The van der Waals surface area contributed by atoms with Gasteiger partial charge in [0.2, 0.25) is 22.6 Å². The summed E-state index contributed by atoms with van der Waals surface area (Å²) in [5.41, 5.74) is 13.5. The van der Waals surface area contributed by atoms with E-state index in [1.165, 1.54) is 56.0 Å². The zero-order valence-electron chi connectivity index (χ0n) is 46.8. The lowest BCUT2D eigenvalue weighted by molar-refractivity contribution is -0.122. The quantitative estimate of drug-likeness (QED) is 0.0547. The topological polar surface area (TPSA) is 174 Å². The second-order valence-corrected chi connectivity index (χ2v) is 20.5. The second-order valence-electron chi connectivity index (χ2n) is 17.6. The number of carbonyl (C=O) groups excluding carboxylic acids is 2. The van der Waals surface area contributed by atoms with E-state index in [1.54, 1.807) is 54.8 Å². The largest absolute Gasteiger partial charge is 0.493 e. The molecule has 3 aliphatic rings. The maximum absolute atomic E-state index is 12.9. The number of ether oxygens (including phenoxy) is 7. The molecule has 2 atom stereocenters. The molecule has 0 saturated carbocycles. The minimum absolute atomic E-state index is 0.0166. The Labute approximate surface area is 480 Å². The highest BCUT2D eigenvalue weighted by Gasteiger charge is 2.31.